The van der Waals surface area contributed by atoms with Crippen LogP contribution in [0, 0.1) is 11.8 Å². The third kappa shape index (κ3) is 1.70. The van der Waals surface area contributed by atoms with E-state index in [2.05, 4.69) is 17.1 Å². The standard InChI is InChI=1S/C11H17N3S/c1-2-9(12)11-14-13-10(15-11)8-4-6-3-7(6)5-8/h6-9H,2-5,12H2,1H3. The number of aromatic nitrogens is 2. The molecule has 2 fully saturated rings. The van der Waals surface area contributed by atoms with Gasteiger partial charge in [0.2, 0.25) is 0 Å². The first-order chi connectivity index (χ1) is 7.28. The largest absolute Gasteiger partial charge is 0.322 e. The van der Waals surface area contributed by atoms with Gasteiger partial charge in [-0.2, -0.15) is 0 Å². The molecule has 4 heteroatoms. The van der Waals surface area contributed by atoms with E-state index in [1.807, 2.05) is 0 Å². The Balaban J connectivity index is 1.73. The van der Waals surface area contributed by atoms with Crippen molar-refractivity contribution in [1.82, 2.24) is 10.2 Å². The predicted octanol–water partition coefficient (Wildman–Crippen LogP) is 2.46. The second-order valence-corrected chi connectivity index (χ2v) is 5.96. The number of fused-ring (bicyclic) bond motifs is 1. The van der Waals surface area contributed by atoms with Crippen LogP contribution < -0.4 is 5.73 Å². The van der Waals surface area contributed by atoms with Crippen LogP contribution in [0.3, 0.4) is 0 Å². The van der Waals surface area contributed by atoms with Crippen molar-refractivity contribution in [3.8, 4) is 0 Å². The molecular weight excluding hydrogens is 206 g/mol. The van der Waals surface area contributed by atoms with Crippen LogP contribution in [0.4, 0.5) is 0 Å². The fraction of sp³-hybridized carbons (Fsp3) is 0.818. The van der Waals surface area contributed by atoms with Gasteiger partial charge in [0.15, 0.2) is 0 Å². The summed E-state index contributed by atoms with van der Waals surface area (Å²) >= 11 is 1.74. The summed E-state index contributed by atoms with van der Waals surface area (Å²) in [4.78, 5) is 0. The Kier molecular flexibility index (Phi) is 2.29. The Morgan fingerprint density at radius 3 is 2.73 bits per heavy atom. The maximum absolute atomic E-state index is 5.95. The Morgan fingerprint density at radius 2 is 2.07 bits per heavy atom. The van der Waals surface area contributed by atoms with E-state index < -0.39 is 0 Å². The van der Waals surface area contributed by atoms with E-state index in [1.54, 1.807) is 11.3 Å². The lowest BCUT2D eigenvalue weighted by atomic mass is 10.1. The molecule has 0 spiro atoms. The van der Waals surface area contributed by atoms with Crippen LogP contribution in [0.5, 0.6) is 0 Å². The van der Waals surface area contributed by atoms with Crippen molar-refractivity contribution >= 4 is 11.3 Å². The second kappa shape index (κ2) is 3.52. The van der Waals surface area contributed by atoms with Gasteiger partial charge in [0, 0.05) is 5.92 Å². The molecule has 2 N–H and O–H groups in total. The van der Waals surface area contributed by atoms with Gasteiger partial charge in [0.05, 0.1) is 6.04 Å². The Morgan fingerprint density at radius 1 is 1.33 bits per heavy atom. The van der Waals surface area contributed by atoms with Crippen molar-refractivity contribution in [2.45, 2.75) is 44.6 Å². The van der Waals surface area contributed by atoms with Gasteiger partial charge in [0.1, 0.15) is 10.0 Å². The molecule has 2 aliphatic rings. The van der Waals surface area contributed by atoms with Gasteiger partial charge in [-0.25, -0.2) is 0 Å². The summed E-state index contributed by atoms with van der Waals surface area (Å²) in [6.07, 6.45) is 5.11. The lowest BCUT2D eigenvalue weighted by Crippen LogP contribution is -2.07. The van der Waals surface area contributed by atoms with Gasteiger partial charge >= 0.3 is 0 Å². The summed E-state index contributed by atoms with van der Waals surface area (Å²) in [5, 5.41) is 10.8. The molecule has 2 aliphatic carbocycles. The molecule has 2 saturated carbocycles. The summed E-state index contributed by atoms with van der Waals surface area (Å²) in [5.74, 6) is 2.73. The highest BCUT2D eigenvalue weighted by molar-refractivity contribution is 7.11. The molecule has 82 valence electrons. The van der Waals surface area contributed by atoms with Gasteiger partial charge < -0.3 is 5.73 Å². The van der Waals surface area contributed by atoms with E-state index in [0.717, 1.165) is 23.3 Å². The first-order valence-electron chi connectivity index (χ1n) is 5.86. The van der Waals surface area contributed by atoms with Crippen LogP contribution >= 0.6 is 11.3 Å². The summed E-state index contributed by atoms with van der Waals surface area (Å²) in [7, 11) is 0. The fourth-order valence-corrected chi connectivity index (χ4v) is 3.71. The molecule has 15 heavy (non-hydrogen) atoms. The molecule has 0 radical (unpaired) electrons. The molecule has 3 nitrogen and oxygen atoms in total. The van der Waals surface area contributed by atoms with Crippen LogP contribution in [0.2, 0.25) is 0 Å². The summed E-state index contributed by atoms with van der Waals surface area (Å²) in [6, 6.07) is 0.0900. The molecule has 1 aromatic heterocycles. The van der Waals surface area contributed by atoms with Crippen molar-refractivity contribution < 1.29 is 0 Å². The maximum atomic E-state index is 5.95. The first-order valence-corrected chi connectivity index (χ1v) is 6.68. The molecule has 3 unspecified atom stereocenters. The average Bonchev–Trinajstić information content (AvgIpc) is 2.75. The molecule has 0 bridgehead atoms. The number of nitrogens with zero attached hydrogens (tertiary/aromatic N) is 2. The van der Waals surface area contributed by atoms with Crippen molar-refractivity contribution in [2.75, 3.05) is 0 Å². The summed E-state index contributed by atoms with van der Waals surface area (Å²) < 4.78 is 0. The highest BCUT2D eigenvalue weighted by atomic mass is 32.1. The lowest BCUT2D eigenvalue weighted by molar-refractivity contribution is 0.612. The van der Waals surface area contributed by atoms with Crippen LogP contribution in [-0.2, 0) is 0 Å². The van der Waals surface area contributed by atoms with E-state index in [1.165, 1.54) is 24.3 Å². The monoisotopic (exact) mass is 223 g/mol. The molecule has 1 aromatic rings. The summed E-state index contributed by atoms with van der Waals surface area (Å²) in [5.41, 5.74) is 5.95. The van der Waals surface area contributed by atoms with Gasteiger partial charge in [-0.1, -0.05) is 18.3 Å². The smallest absolute Gasteiger partial charge is 0.134 e. The molecule has 0 aromatic carbocycles. The van der Waals surface area contributed by atoms with Crippen molar-refractivity contribution in [3.63, 3.8) is 0 Å². The minimum atomic E-state index is 0.0900. The molecule has 0 amide bonds. The zero-order valence-electron chi connectivity index (χ0n) is 9.02. The Hall–Kier alpha value is -0.480. The van der Waals surface area contributed by atoms with Gasteiger partial charge in [0.25, 0.3) is 0 Å². The second-order valence-electron chi connectivity index (χ2n) is 4.92. The third-order valence-electron chi connectivity index (χ3n) is 3.81. The Bertz CT molecular complexity index is 352. The van der Waals surface area contributed by atoms with Crippen LogP contribution in [0.25, 0.3) is 0 Å². The van der Waals surface area contributed by atoms with Gasteiger partial charge in [-0.3, -0.25) is 0 Å². The molecule has 0 aliphatic heterocycles. The zero-order chi connectivity index (χ0) is 10.4. The number of hydrogen-bond donors (Lipinski definition) is 1. The van der Waals surface area contributed by atoms with E-state index >= 15 is 0 Å². The quantitative estimate of drug-likeness (QED) is 0.856. The van der Waals surface area contributed by atoms with Crippen molar-refractivity contribution in [1.29, 1.82) is 0 Å². The third-order valence-corrected chi connectivity index (χ3v) is 5.02. The van der Waals surface area contributed by atoms with Gasteiger partial charge in [-0.05, 0) is 37.5 Å². The zero-order valence-corrected chi connectivity index (χ0v) is 9.83. The SMILES string of the molecule is CCC(N)c1nnc(C2CC3CC3C2)s1. The minimum absolute atomic E-state index is 0.0900. The normalized spacial score (nSPS) is 35.2. The molecular formula is C11H17N3S. The van der Waals surface area contributed by atoms with Crippen LogP contribution in [0.15, 0.2) is 0 Å². The highest BCUT2D eigenvalue weighted by Gasteiger charge is 2.47. The van der Waals surface area contributed by atoms with E-state index in [9.17, 15) is 0 Å². The topological polar surface area (TPSA) is 51.8 Å². The molecule has 1 heterocycles. The average molecular weight is 223 g/mol. The van der Waals surface area contributed by atoms with Crippen LogP contribution in [-0.4, -0.2) is 10.2 Å². The van der Waals surface area contributed by atoms with E-state index in [-0.39, 0.29) is 6.04 Å². The molecule has 3 rings (SSSR count). The van der Waals surface area contributed by atoms with Crippen LogP contribution in [0.1, 0.15) is 54.6 Å². The van der Waals surface area contributed by atoms with Crippen molar-refractivity contribution in [3.05, 3.63) is 10.0 Å². The fourth-order valence-electron chi connectivity index (χ4n) is 2.65. The van der Waals surface area contributed by atoms with E-state index in [0.29, 0.717) is 5.92 Å². The number of rotatable bonds is 3. The first kappa shape index (κ1) is 9.73. The Labute approximate surface area is 94.1 Å². The summed E-state index contributed by atoms with van der Waals surface area (Å²) in [6.45, 7) is 2.09. The van der Waals surface area contributed by atoms with Crippen molar-refractivity contribution in [2.24, 2.45) is 17.6 Å². The minimum Gasteiger partial charge on any atom is -0.322 e. The predicted molar refractivity (Wildman–Crippen MR) is 60.7 cm³/mol. The lowest BCUT2D eigenvalue weighted by Gasteiger charge is -2.06. The number of nitrogens with two attached hydrogens (primary N) is 1. The maximum Gasteiger partial charge on any atom is 0.134 e. The highest BCUT2D eigenvalue weighted by Crippen LogP contribution is 2.57. The number of hydrogen-bond acceptors (Lipinski definition) is 4. The van der Waals surface area contributed by atoms with Gasteiger partial charge in [-0.15, -0.1) is 10.2 Å². The van der Waals surface area contributed by atoms with E-state index in [4.69, 9.17) is 5.73 Å². The molecule has 0 saturated heterocycles. The molecule has 3 atom stereocenters.